The number of hydrogen-bond acceptors (Lipinski definition) is 2. The molecule has 0 saturated heterocycles. The first-order valence-corrected chi connectivity index (χ1v) is 7.61. The maximum atomic E-state index is 12.7. The number of carbonyl (C=O) groups is 1. The number of carbonyl (C=O) groups excluding carboxylic acids is 1. The number of phenols is 1. The molecule has 0 aliphatic heterocycles. The van der Waals surface area contributed by atoms with Crippen molar-refractivity contribution in [2.24, 2.45) is 11.3 Å². The summed E-state index contributed by atoms with van der Waals surface area (Å²) < 4.78 is 0. The molecule has 0 atom stereocenters. The SMILES string of the molecule is CC(C)CC1(C(=O)Nc2ccc(O)cc2Cl)CCCC1. The number of anilines is 1. The van der Waals surface area contributed by atoms with E-state index in [2.05, 4.69) is 19.2 Å². The molecule has 20 heavy (non-hydrogen) atoms. The average Bonchev–Trinajstić information content (AvgIpc) is 2.81. The van der Waals surface area contributed by atoms with E-state index in [1.165, 1.54) is 12.1 Å². The summed E-state index contributed by atoms with van der Waals surface area (Å²) >= 11 is 6.06. The fourth-order valence-electron chi connectivity index (χ4n) is 3.22. The number of hydrogen-bond donors (Lipinski definition) is 2. The van der Waals surface area contributed by atoms with Crippen LogP contribution >= 0.6 is 11.6 Å². The number of amides is 1. The van der Waals surface area contributed by atoms with Gasteiger partial charge in [-0.25, -0.2) is 0 Å². The van der Waals surface area contributed by atoms with Crippen LogP contribution in [0.3, 0.4) is 0 Å². The lowest BCUT2D eigenvalue weighted by Gasteiger charge is -2.29. The van der Waals surface area contributed by atoms with Crippen LogP contribution in [0.5, 0.6) is 5.75 Å². The van der Waals surface area contributed by atoms with Crippen LogP contribution in [-0.4, -0.2) is 11.0 Å². The van der Waals surface area contributed by atoms with Gasteiger partial charge in [0.15, 0.2) is 0 Å². The molecule has 0 spiro atoms. The third-order valence-electron chi connectivity index (χ3n) is 4.04. The summed E-state index contributed by atoms with van der Waals surface area (Å²) in [5.74, 6) is 0.663. The van der Waals surface area contributed by atoms with E-state index in [-0.39, 0.29) is 17.1 Å². The summed E-state index contributed by atoms with van der Waals surface area (Å²) in [6, 6.07) is 4.62. The molecule has 0 radical (unpaired) electrons. The second kappa shape index (κ2) is 6.04. The first-order chi connectivity index (χ1) is 9.43. The molecular weight excluding hydrogens is 274 g/mol. The summed E-state index contributed by atoms with van der Waals surface area (Å²) in [6.07, 6.45) is 5.04. The molecule has 4 heteroatoms. The van der Waals surface area contributed by atoms with Crippen LogP contribution in [-0.2, 0) is 4.79 Å². The molecular formula is C16H22ClNO2. The monoisotopic (exact) mass is 295 g/mol. The minimum Gasteiger partial charge on any atom is -0.508 e. The van der Waals surface area contributed by atoms with E-state index in [0.717, 1.165) is 32.1 Å². The van der Waals surface area contributed by atoms with Gasteiger partial charge in [0, 0.05) is 11.5 Å². The Bertz CT molecular complexity index is 493. The Balaban J connectivity index is 2.16. The lowest BCUT2D eigenvalue weighted by atomic mass is 9.77. The van der Waals surface area contributed by atoms with Crippen LogP contribution in [0.25, 0.3) is 0 Å². The molecule has 1 saturated carbocycles. The van der Waals surface area contributed by atoms with Crippen molar-refractivity contribution in [1.82, 2.24) is 0 Å². The first-order valence-electron chi connectivity index (χ1n) is 7.23. The molecule has 1 aliphatic rings. The minimum atomic E-state index is -0.255. The highest BCUT2D eigenvalue weighted by Crippen LogP contribution is 2.44. The third kappa shape index (κ3) is 3.26. The van der Waals surface area contributed by atoms with Gasteiger partial charge in [-0.2, -0.15) is 0 Å². The Labute approximate surface area is 125 Å². The zero-order valence-electron chi connectivity index (χ0n) is 12.1. The quantitative estimate of drug-likeness (QED) is 0.798. The van der Waals surface area contributed by atoms with Crippen LogP contribution in [0.1, 0.15) is 46.0 Å². The number of aromatic hydroxyl groups is 1. The summed E-state index contributed by atoms with van der Waals surface area (Å²) in [6.45, 7) is 4.31. The van der Waals surface area contributed by atoms with Crippen molar-refractivity contribution in [1.29, 1.82) is 0 Å². The molecule has 1 amide bonds. The van der Waals surface area contributed by atoms with Crippen LogP contribution < -0.4 is 5.32 Å². The van der Waals surface area contributed by atoms with Gasteiger partial charge in [0.25, 0.3) is 0 Å². The van der Waals surface area contributed by atoms with E-state index in [9.17, 15) is 9.90 Å². The Morgan fingerprint density at radius 1 is 1.40 bits per heavy atom. The van der Waals surface area contributed by atoms with E-state index >= 15 is 0 Å². The smallest absolute Gasteiger partial charge is 0.230 e. The summed E-state index contributed by atoms with van der Waals surface area (Å²) in [5.41, 5.74) is 0.319. The topological polar surface area (TPSA) is 49.3 Å². The summed E-state index contributed by atoms with van der Waals surface area (Å²) in [7, 11) is 0. The molecule has 2 N–H and O–H groups in total. The lowest BCUT2D eigenvalue weighted by Crippen LogP contribution is -2.35. The average molecular weight is 296 g/mol. The van der Waals surface area contributed by atoms with Crippen molar-refractivity contribution in [3.8, 4) is 5.75 Å². The van der Waals surface area contributed by atoms with E-state index in [4.69, 9.17) is 11.6 Å². The lowest BCUT2D eigenvalue weighted by molar-refractivity contribution is -0.126. The molecule has 1 fully saturated rings. The zero-order chi connectivity index (χ0) is 14.8. The fraction of sp³-hybridized carbons (Fsp3) is 0.562. The Hall–Kier alpha value is -1.22. The Morgan fingerprint density at radius 2 is 2.05 bits per heavy atom. The fourth-order valence-corrected chi connectivity index (χ4v) is 3.44. The van der Waals surface area contributed by atoms with Gasteiger partial charge < -0.3 is 10.4 Å². The summed E-state index contributed by atoms with van der Waals surface area (Å²) in [5, 5.41) is 12.7. The number of benzene rings is 1. The van der Waals surface area contributed by atoms with Gasteiger partial charge >= 0.3 is 0 Å². The molecule has 0 aromatic heterocycles. The normalized spacial score (nSPS) is 17.4. The number of nitrogens with one attached hydrogen (secondary N) is 1. The molecule has 1 aromatic carbocycles. The number of rotatable bonds is 4. The maximum Gasteiger partial charge on any atom is 0.230 e. The van der Waals surface area contributed by atoms with Crippen LogP contribution in [0.15, 0.2) is 18.2 Å². The van der Waals surface area contributed by atoms with Crippen molar-refractivity contribution in [3.63, 3.8) is 0 Å². The van der Waals surface area contributed by atoms with Crippen molar-refractivity contribution < 1.29 is 9.90 Å². The predicted octanol–water partition coefficient (Wildman–Crippen LogP) is 4.59. The van der Waals surface area contributed by atoms with Crippen LogP contribution in [0.2, 0.25) is 5.02 Å². The maximum absolute atomic E-state index is 12.7. The highest BCUT2D eigenvalue weighted by molar-refractivity contribution is 6.33. The molecule has 1 aliphatic carbocycles. The van der Waals surface area contributed by atoms with E-state index in [1.807, 2.05) is 0 Å². The predicted molar refractivity (Wildman–Crippen MR) is 82.1 cm³/mol. The number of phenolic OH excluding ortho intramolecular Hbond substituents is 1. The first kappa shape index (κ1) is 15.2. The van der Waals surface area contributed by atoms with Gasteiger partial charge in [-0.1, -0.05) is 38.3 Å². The van der Waals surface area contributed by atoms with Crippen molar-refractivity contribution in [3.05, 3.63) is 23.2 Å². The second-order valence-corrected chi connectivity index (χ2v) is 6.61. The van der Waals surface area contributed by atoms with Gasteiger partial charge in [-0.05, 0) is 37.3 Å². The van der Waals surface area contributed by atoms with E-state index in [0.29, 0.717) is 16.6 Å². The molecule has 0 heterocycles. The van der Waals surface area contributed by atoms with Crippen molar-refractivity contribution in [2.75, 3.05) is 5.32 Å². The molecule has 1 aromatic rings. The third-order valence-corrected chi connectivity index (χ3v) is 4.35. The standard InChI is InChI=1S/C16H22ClNO2/c1-11(2)10-16(7-3-4-8-16)15(20)18-14-6-5-12(19)9-13(14)17/h5-6,9,11,19H,3-4,7-8,10H2,1-2H3,(H,18,20). The molecule has 3 nitrogen and oxygen atoms in total. The van der Waals surface area contributed by atoms with Gasteiger partial charge in [0.05, 0.1) is 10.7 Å². The van der Waals surface area contributed by atoms with E-state index in [1.54, 1.807) is 6.07 Å². The molecule has 110 valence electrons. The highest BCUT2D eigenvalue weighted by atomic mass is 35.5. The Morgan fingerprint density at radius 3 is 2.60 bits per heavy atom. The minimum absolute atomic E-state index is 0.0660. The number of halogens is 1. The molecule has 2 rings (SSSR count). The largest absolute Gasteiger partial charge is 0.508 e. The highest BCUT2D eigenvalue weighted by Gasteiger charge is 2.41. The van der Waals surface area contributed by atoms with E-state index < -0.39 is 0 Å². The van der Waals surface area contributed by atoms with Crippen molar-refractivity contribution >= 4 is 23.2 Å². The Kier molecular flexibility index (Phi) is 4.59. The summed E-state index contributed by atoms with van der Waals surface area (Å²) in [4.78, 5) is 12.7. The molecule has 0 unspecified atom stereocenters. The van der Waals surface area contributed by atoms with Gasteiger partial charge in [-0.15, -0.1) is 0 Å². The molecule has 0 bridgehead atoms. The van der Waals surface area contributed by atoms with Gasteiger partial charge in [-0.3, -0.25) is 4.79 Å². The van der Waals surface area contributed by atoms with Crippen LogP contribution in [0, 0.1) is 11.3 Å². The van der Waals surface area contributed by atoms with Gasteiger partial charge in [0.2, 0.25) is 5.91 Å². The second-order valence-electron chi connectivity index (χ2n) is 6.20. The van der Waals surface area contributed by atoms with Crippen molar-refractivity contribution in [2.45, 2.75) is 46.0 Å². The van der Waals surface area contributed by atoms with Crippen LogP contribution in [0.4, 0.5) is 5.69 Å². The van der Waals surface area contributed by atoms with Gasteiger partial charge in [0.1, 0.15) is 5.75 Å². The zero-order valence-corrected chi connectivity index (χ0v) is 12.8.